The number of carbonyl (C=O) groups is 2. The van der Waals surface area contributed by atoms with Crippen molar-refractivity contribution in [2.24, 2.45) is 27.5 Å². The van der Waals surface area contributed by atoms with Crippen molar-refractivity contribution in [3.63, 3.8) is 0 Å². The largest absolute Gasteiger partial charge is 0.272 e. The second-order valence-corrected chi connectivity index (χ2v) is 7.71. The molecule has 0 saturated carbocycles. The fraction of sp³-hybridized carbons (Fsp3) is 0.261. The Bertz CT molecular complexity index is 1020. The fourth-order valence-electron chi connectivity index (χ4n) is 4.32. The van der Waals surface area contributed by atoms with Crippen LogP contribution < -0.4 is 10.0 Å². The van der Waals surface area contributed by atoms with E-state index in [1.165, 1.54) is 10.0 Å². The molecule has 7 nitrogen and oxygen atoms in total. The highest BCUT2D eigenvalue weighted by Gasteiger charge is 2.57. The van der Waals surface area contributed by atoms with E-state index < -0.39 is 17.3 Å². The first-order chi connectivity index (χ1) is 14.4. The lowest BCUT2D eigenvalue weighted by molar-refractivity contribution is -0.125. The summed E-state index contributed by atoms with van der Waals surface area (Å²) in [5, 5.41) is 21.7. The van der Waals surface area contributed by atoms with Gasteiger partial charge in [-0.3, -0.25) is 9.59 Å². The molecule has 2 aliphatic heterocycles. The van der Waals surface area contributed by atoms with E-state index in [1.807, 2.05) is 36.4 Å². The van der Waals surface area contributed by atoms with E-state index in [2.05, 4.69) is 16.3 Å². The number of rotatable bonds is 4. The zero-order valence-corrected chi connectivity index (χ0v) is 17.0. The topological polar surface area (TPSA) is 89.1 Å². The van der Waals surface area contributed by atoms with Crippen LogP contribution in [0.5, 0.6) is 0 Å². The highest BCUT2D eigenvalue weighted by molar-refractivity contribution is 6.20. The maximum atomic E-state index is 13.3. The first-order valence-electron chi connectivity index (χ1n) is 9.68. The number of para-hydroxylation sites is 2. The van der Waals surface area contributed by atoms with Crippen LogP contribution in [0.1, 0.15) is 20.8 Å². The number of hydrogen-bond acceptors (Lipinski definition) is 5. The molecule has 30 heavy (non-hydrogen) atoms. The molecule has 0 fully saturated rings. The second-order valence-electron chi connectivity index (χ2n) is 7.71. The zero-order valence-electron chi connectivity index (χ0n) is 17.0. The summed E-state index contributed by atoms with van der Waals surface area (Å²) >= 11 is 0. The summed E-state index contributed by atoms with van der Waals surface area (Å²) in [7, 11) is 0. The Hall–Kier alpha value is -3.79. The van der Waals surface area contributed by atoms with E-state index in [-0.39, 0.29) is 11.8 Å². The molecular formula is C23H21N5O2. The van der Waals surface area contributed by atoms with Crippen LogP contribution in [-0.2, 0) is 9.59 Å². The molecule has 0 aliphatic carbocycles. The lowest BCUT2D eigenvalue weighted by Gasteiger charge is -2.32. The van der Waals surface area contributed by atoms with Gasteiger partial charge in [-0.15, -0.1) is 0 Å². The third-order valence-corrected chi connectivity index (χ3v) is 5.70. The Morgan fingerprint density at radius 1 is 0.800 bits per heavy atom. The number of amides is 2. The van der Waals surface area contributed by atoms with Gasteiger partial charge < -0.3 is 0 Å². The zero-order chi connectivity index (χ0) is 21.5. The van der Waals surface area contributed by atoms with Gasteiger partial charge in [0.15, 0.2) is 0 Å². The Morgan fingerprint density at radius 2 is 1.17 bits per heavy atom. The molecule has 2 aromatic carbocycles. The Morgan fingerprint density at radius 3 is 1.50 bits per heavy atom. The second kappa shape index (κ2) is 7.23. The predicted octanol–water partition coefficient (Wildman–Crippen LogP) is 3.59. The number of anilines is 2. The van der Waals surface area contributed by atoms with E-state index in [0.717, 1.165) is 0 Å². The van der Waals surface area contributed by atoms with Crippen LogP contribution in [0.2, 0.25) is 0 Å². The molecule has 2 amide bonds. The average molecular weight is 399 g/mol. The van der Waals surface area contributed by atoms with E-state index in [4.69, 9.17) is 0 Å². The van der Waals surface area contributed by atoms with E-state index in [0.29, 0.717) is 22.8 Å². The predicted molar refractivity (Wildman–Crippen MR) is 115 cm³/mol. The molecule has 0 N–H and O–H groups in total. The molecule has 2 aromatic rings. The summed E-state index contributed by atoms with van der Waals surface area (Å²) in [6.07, 6.45) is 0. The Balaban J connectivity index is 1.70. The van der Waals surface area contributed by atoms with Crippen LogP contribution in [0.3, 0.4) is 0 Å². The highest BCUT2D eigenvalue weighted by atomic mass is 16.2. The molecule has 3 atom stereocenters. The molecule has 4 rings (SSSR count). The maximum Gasteiger partial charge on any atom is 0.257 e. The van der Waals surface area contributed by atoms with Gasteiger partial charge in [-0.1, -0.05) is 36.4 Å². The van der Waals surface area contributed by atoms with Crippen LogP contribution in [0, 0.1) is 28.6 Å². The van der Waals surface area contributed by atoms with Crippen molar-refractivity contribution in [3.05, 3.63) is 60.7 Å². The SMILES string of the molecule is CC1=NN(c2ccccc2)C(=O)[C@H]1C(C)(C#N)[C@H]1C(=O)N(c2ccccc2)N=C1C. The standard InChI is InChI=1S/C23H21N5O2/c1-15-19(21(29)27(25-15)17-10-6-4-7-11-17)23(3,14-24)20-16(2)26-28(22(20)30)18-12-8-5-9-13-18/h4-13,19-20H,1-3H3/t19-,20+,23?. The van der Waals surface area contributed by atoms with Crippen LogP contribution in [0.15, 0.2) is 70.9 Å². The smallest absolute Gasteiger partial charge is 0.257 e. The first-order valence-corrected chi connectivity index (χ1v) is 9.68. The van der Waals surface area contributed by atoms with Gasteiger partial charge in [0.1, 0.15) is 0 Å². The van der Waals surface area contributed by atoms with Crippen LogP contribution in [0.4, 0.5) is 11.4 Å². The normalized spacial score (nSPS) is 23.1. The fourth-order valence-corrected chi connectivity index (χ4v) is 4.32. The monoisotopic (exact) mass is 399 g/mol. The molecule has 2 heterocycles. The van der Waals surface area contributed by atoms with Gasteiger partial charge in [0.2, 0.25) is 0 Å². The summed E-state index contributed by atoms with van der Waals surface area (Å²) in [6.45, 7) is 5.10. The lowest BCUT2D eigenvalue weighted by Crippen LogP contribution is -2.48. The minimum Gasteiger partial charge on any atom is -0.272 e. The number of carbonyl (C=O) groups excluding carboxylic acids is 2. The molecule has 150 valence electrons. The van der Waals surface area contributed by atoms with Crippen molar-refractivity contribution >= 4 is 34.6 Å². The number of hydrogen-bond donors (Lipinski definition) is 0. The van der Waals surface area contributed by atoms with Gasteiger partial charge in [0, 0.05) is 0 Å². The van der Waals surface area contributed by atoms with Gasteiger partial charge in [0.25, 0.3) is 11.8 Å². The molecule has 7 heteroatoms. The van der Waals surface area contributed by atoms with Gasteiger partial charge in [-0.2, -0.15) is 15.5 Å². The third kappa shape index (κ3) is 2.89. The number of nitrogens with zero attached hydrogens (tertiary/aromatic N) is 5. The number of hydrazone groups is 2. The molecule has 1 unspecified atom stereocenters. The minimum atomic E-state index is -1.33. The summed E-state index contributed by atoms with van der Waals surface area (Å²) in [5.74, 6) is -2.34. The van der Waals surface area contributed by atoms with Crippen LogP contribution in [0.25, 0.3) is 0 Å². The molecule has 0 spiro atoms. The molecule has 0 saturated heterocycles. The maximum absolute atomic E-state index is 13.3. The molecule has 0 radical (unpaired) electrons. The van der Waals surface area contributed by atoms with Crippen molar-refractivity contribution in [2.75, 3.05) is 10.0 Å². The summed E-state index contributed by atoms with van der Waals surface area (Å²) < 4.78 is 0. The van der Waals surface area contributed by atoms with E-state index in [9.17, 15) is 14.9 Å². The summed E-state index contributed by atoms with van der Waals surface area (Å²) in [5.41, 5.74) is 0.929. The van der Waals surface area contributed by atoms with Gasteiger partial charge in [-0.05, 0) is 45.0 Å². The summed E-state index contributed by atoms with van der Waals surface area (Å²) in [4.78, 5) is 26.7. The Labute approximate surface area is 174 Å². The molecular weight excluding hydrogens is 378 g/mol. The van der Waals surface area contributed by atoms with Crippen molar-refractivity contribution in [1.29, 1.82) is 5.26 Å². The lowest BCUT2D eigenvalue weighted by atomic mass is 9.65. The third-order valence-electron chi connectivity index (χ3n) is 5.70. The van der Waals surface area contributed by atoms with Crippen molar-refractivity contribution in [1.82, 2.24) is 0 Å². The van der Waals surface area contributed by atoms with Gasteiger partial charge in [-0.25, -0.2) is 10.0 Å². The van der Waals surface area contributed by atoms with Crippen LogP contribution >= 0.6 is 0 Å². The average Bonchev–Trinajstić information content (AvgIpc) is 3.24. The van der Waals surface area contributed by atoms with Crippen molar-refractivity contribution < 1.29 is 9.59 Å². The van der Waals surface area contributed by atoms with Gasteiger partial charge >= 0.3 is 0 Å². The highest BCUT2D eigenvalue weighted by Crippen LogP contribution is 2.44. The van der Waals surface area contributed by atoms with Crippen molar-refractivity contribution in [3.8, 4) is 6.07 Å². The molecule has 0 aromatic heterocycles. The number of benzene rings is 2. The minimum absolute atomic E-state index is 0.318. The quantitative estimate of drug-likeness (QED) is 0.787. The molecule has 0 bridgehead atoms. The molecule has 2 aliphatic rings. The van der Waals surface area contributed by atoms with E-state index in [1.54, 1.807) is 45.0 Å². The van der Waals surface area contributed by atoms with Crippen molar-refractivity contribution in [2.45, 2.75) is 20.8 Å². The number of nitriles is 1. The summed E-state index contributed by atoms with van der Waals surface area (Å²) in [6, 6.07) is 20.4. The first kappa shape index (κ1) is 19.5. The van der Waals surface area contributed by atoms with E-state index >= 15 is 0 Å². The Kier molecular flexibility index (Phi) is 4.70. The van der Waals surface area contributed by atoms with Crippen LogP contribution in [-0.4, -0.2) is 23.2 Å². The van der Waals surface area contributed by atoms with Gasteiger partial charge in [0.05, 0.1) is 46.1 Å².